The number of carbonyl (C=O) groups excluding carboxylic acids is 1. The Balaban J connectivity index is 0.00000120. The second-order valence-electron chi connectivity index (χ2n) is 5.01. The van der Waals surface area contributed by atoms with E-state index in [1.165, 1.54) is 0 Å². The maximum atomic E-state index is 12.4. The zero-order valence-electron chi connectivity index (χ0n) is 10.5. The van der Waals surface area contributed by atoms with Gasteiger partial charge in [-0.1, -0.05) is 0 Å². The van der Waals surface area contributed by atoms with E-state index in [-0.39, 0.29) is 18.3 Å². The molecule has 2 atom stereocenters. The fourth-order valence-corrected chi connectivity index (χ4v) is 2.97. The van der Waals surface area contributed by atoms with Gasteiger partial charge in [0, 0.05) is 31.9 Å². The van der Waals surface area contributed by atoms with Crippen LogP contribution < -0.4 is 5.32 Å². The minimum Gasteiger partial charge on any atom is -0.340 e. The minimum atomic E-state index is 0. The van der Waals surface area contributed by atoms with Crippen LogP contribution in [0.4, 0.5) is 0 Å². The number of fused-ring (bicyclic) bond motifs is 2. The third-order valence-electron chi connectivity index (χ3n) is 3.81. The number of nitrogens with zero attached hydrogens (tertiary/aromatic N) is 3. The monoisotopic (exact) mass is 270 g/mol. The minimum absolute atomic E-state index is 0. The van der Waals surface area contributed by atoms with Crippen LogP contribution in [0.25, 0.3) is 0 Å². The van der Waals surface area contributed by atoms with Gasteiger partial charge in [-0.15, -0.1) is 12.4 Å². The molecule has 18 heavy (non-hydrogen) atoms. The van der Waals surface area contributed by atoms with Crippen molar-refractivity contribution in [2.45, 2.75) is 31.3 Å². The topological polar surface area (TPSA) is 50.2 Å². The number of aromatic nitrogens is 2. The fourth-order valence-electron chi connectivity index (χ4n) is 2.97. The molecule has 0 radical (unpaired) electrons. The van der Waals surface area contributed by atoms with Crippen LogP contribution in [-0.4, -0.2) is 45.5 Å². The van der Waals surface area contributed by atoms with E-state index < -0.39 is 0 Å². The van der Waals surface area contributed by atoms with E-state index in [0.29, 0.717) is 17.8 Å². The molecule has 1 aromatic rings. The predicted molar refractivity (Wildman–Crippen MR) is 70.9 cm³/mol. The van der Waals surface area contributed by atoms with Crippen molar-refractivity contribution in [2.24, 2.45) is 7.05 Å². The normalized spacial score (nSPS) is 26.6. The van der Waals surface area contributed by atoms with Crippen molar-refractivity contribution in [2.75, 3.05) is 13.1 Å². The first kappa shape index (κ1) is 13.4. The van der Waals surface area contributed by atoms with Gasteiger partial charge in [0.25, 0.3) is 5.91 Å². The van der Waals surface area contributed by atoms with Crippen LogP contribution in [0.2, 0.25) is 0 Å². The molecule has 100 valence electrons. The van der Waals surface area contributed by atoms with Gasteiger partial charge in [-0.05, 0) is 25.8 Å². The van der Waals surface area contributed by atoms with E-state index in [0.717, 1.165) is 32.4 Å². The molecule has 2 aliphatic rings. The summed E-state index contributed by atoms with van der Waals surface area (Å²) in [5, 5.41) is 3.40. The molecular formula is C12H19ClN4O. The van der Waals surface area contributed by atoms with Crippen LogP contribution in [-0.2, 0) is 7.05 Å². The number of aryl methyl sites for hydroxylation is 1. The average Bonchev–Trinajstić information content (AvgIpc) is 2.81. The van der Waals surface area contributed by atoms with E-state index in [2.05, 4.69) is 15.2 Å². The van der Waals surface area contributed by atoms with Crippen molar-refractivity contribution in [3.05, 3.63) is 18.2 Å². The number of hydrogen-bond donors (Lipinski definition) is 1. The lowest BCUT2D eigenvalue weighted by molar-refractivity contribution is 0.0674. The molecule has 2 aliphatic heterocycles. The van der Waals surface area contributed by atoms with Crippen LogP contribution in [0.5, 0.6) is 0 Å². The van der Waals surface area contributed by atoms with Gasteiger partial charge in [-0.3, -0.25) is 4.79 Å². The van der Waals surface area contributed by atoms with E-state index in [1.54, 1.807) is 12.5 Å². The number of halogens is 1. The van der Waals surface area contributed by atoms with E-state index in [4.69, 9.17) is 0 Å². The lowest BCUT2D eigenvalue weighted by Crippen LogP contribution is -2.42. The van der Waals surface area contributed by atoms with Crippen LogP contribution >= 0.6 is 12.4 Å². The lowest BCUT2D eigenvalue weighted by Gasteiger charge is -2.27. The molecule has 5 nitrogen and oxygen atoms in total. The van der Waals surface area contributed by atoms with Gasteiger partial charge in [0.15, 0.2) is 0 Å². The van der Waals surface area contributed by atoms with Gasteiger partial charge >= 0.3 is 0 Å². The van der Waals surface area contributed by atoms with E-state index in [1.807, 2.05) is 11.6 Å². The smallest absolute Gasteiger partial charge is 0.274 e. The second-order valence-corrected chi connectivity index (χ2v) is 5.01. The summed E-state index contributed by atoms with van der Waals surface area (Å²) in [7, 11) is 1.89. The van der Waals surface area contributed by atoms with Crippen LogP contribution in [0.1, 0.15) is 29.8 Å². The molecule has 2 bridgehead atoms. The van der Waals surface area contributed by atoms with Crippen molar-refractivity contribution < 1.29 is 4.79 Å². The highest BCUT2D eigenvalue weighted by molar-refractivity contribution is 5.92. The lowest BCUT2D eigenvalue weighted by atomic mass is 10.1. The number of hydrogen-bond acceptors (Lipinski definition) is 3. The molecular weight excluding hydrogens is 252 g/mol. The summed E-state index contributed by atoms with van der Waals surface area (Å²) in [6.45, 7) is 1.95. The first-order chi connectivity index (χ1) is 8.25. The average molecular weight is 271 g/mol. The first-order valence-corrected chi connectivity index (χ1v) is 6.27. The standard InChI is InChI=1S/C12H18N4O.ClH/c1-15-7-11(14-8-15)12(17)16-9-2-3-10(16)6-13-5-4-9;/h7-10,13H,2-6H2,1H3;1H. The Bertz CT molecular complexity index is 419. The molecule has 0 aliphatic carbocycles. The molecule has 2 unspecified atom stereocenters. The highest BCUT2D eigenvalue weighted by Crippen LogP contribution is 2.29. The summed E-state index contributed by atoms with van der Waals surface area (Å²) in [6.07, 6.45) is 6.82. The van der Waals surface area contributed by atoms with Crippen LogP contribution in [0.15, 0.2) is 12.5 Å². The second kappa shape index (κ2) is 5.28. The van der Waals surface area contributed by atoms with E-state index >= 15 is 0 Å². The molecule has 2 saturated heterocycles. The van der Waals surface area contributed by atoms with Crippen molar-refractivity contribution >= 4 is 18.3 Å². The van der Waals surface area contributed by atoms with Gasteiger partial charge in [-0.25, -0.2) is 4.98 Å². The number of nitrogens with one attached hydrogen (secondary N) is 1. The molecule has 0 aromatic carbocycles. The summed E-state index contributed by atoms with van der Waals surface area (Å²) < 4.78 is 1.82. The largest absolute Gasteiger partial charge is 0.340 e. The Kier molecular flexibility index (Phi) is 3.92. The van der Waals surface area contributed by atoms with E-state index in [9.17, 15) is 4.79 Å². The molecule has 3 heterocycles. The molecule has 2 fully saturated rings. The third kappa shape index (κ3) is 2.24. The van der Waals surface area contributed by atoms with Crippen LogP contribution in [0.3, 0.4) is 0 Å². The highest BCUT2D eigenvalue weighted by Gasteiger charge is 2.38. The summed E-state index contributed by atoms with van der Waals surface area (Å²) in [5.74, 6) is 0.0989. The van der Waals surface area contributed by atoms with Crippen molar-refractivity contribution in [1.82, 2.24) is 19.8 Å². The van der Waals surface area contributed by atoms with Gasteiger partial charge < -0.3 is 14.8 Å². The summed E-state index contributed by atoms with van der Waals surface area (Å²) >= 11 is 0. The Hall–Kier alpha value is -1.07. The van der Waals surface area contributed by atoms with Gasteiger partial charge in [-0.2, -0.15) is 0 Å². The van der Waals surface area contributed by atoms with Crippen molar-refractivity contribution in [1.29, 1.82) is 0 Å². The molecule has 1 N–H and O–H groups in total. The molecule has 3 rings (SSSR count). The van der Waals surface area contributed by atoms with Gasteiger partial charge in [0.05, 0.1) is 6.33 Å². The maximum absolute atomic E-state index is 12.4. The zero-order valence-corrected chi connectivity index (χ0v) is 11.3. The summed E-state index contributed by atoms with van der Waals surface area (Å²) in [6, 6.07) is 0.765. The van der Waals surface area contributed by atoms with Crippen LogP contribution in [0, 0.1) is 0 Å². The summed E-state index contributed by atoms with van der Waals surface area (Å²) in [4.78, 5) is 18.7. The zero-order chi connectivity index (χ0) is 11.8. The molecule has 0 saturated carbocycles. The fraction of sp³-hybridized carbons (Fsp3) is 0.667. The molecule has 6 heteroatoms. The third-order valence-corrected chi connectivity index (χ3v) is 3.81. The number of amides is 1. The Morgan fingerprint density at radius 2 is 2.17 bits per heavy atom. The molecule has 0 spiro atoms. The molecule has 1 amide bonds. The number of rotatable bonds is 1. The Morgan fingerprint density at radius 3 is 2.89 bits per heavy atom. The van der Waals surface area contributed by atoms with Gasteiger partial charge in [0.2, 0.25) is 0 Å². The maximum Gasteiger partial charge on any atom is 0.274 e. The molecule has 1 aromatic heterocycles. The SMILES string of the molecule is Cl.Cn1cnc(C(=O)N2C3CCNCC2CC3)c1. The predicted octanol–water partition coefficient (Wildman–Crippen LogP) is 0.808. The Morgan fingerprint density at radius 1 is 1.39 bits per heavy atom. The number of imidazole rings is 1. The quantitative estimate of drug-likeness (QED) is 0.822. The highest BCUT2D eigenvalue weighted by atomic mass is 35.5. The Labute approximate surface area is 113 Å². The van der Waals surface area contributed by atoms with Gasteiger partial charge in [0.1, 0.15) is 5.69 Å². The van der Waals surface area contributed by atoms with Crippen molar-refractivity contribution in [3.8, 4) is 0 Å². The summed E-state index contributed by atoms with van der Waals surface area (Å²) in [5.41, 5.74) is 0.575. The number of carbonyl (C=O) groups is 1. The van der Waals surface area contributed by atoms with Crippen molar-refractivity contribution in [3.63, 3.8) is 0 Å². The first-order valence-electron chi connectivity index (χ1n) is 6.27.